The van der Waals surface area contributed by atoms with Crippen LogP contribution in [0, 0.1) is 0 Å². The van der Waals surface area contributed by atoms with E-state index in [2.05, 4.69) is 5.32 Å². The van der Waals surface area contributed by atoms with Crippen molar-refractivity contribution in [1.29, 1.82) is 0 Å². The van der Waals surface area contributed by atoms with Crippen molar-refractivity contribution in [2.45, 2.75) is 32.4 Å². The highest BCUT2D eigenvalue weighted by atomic mass is 16.5. The van der Waals surface area contributed by atoms with Gasteiger partial charge in [-0.3, -0.25) is 14.5 Å². The third-order valence-corrected chi connectivity index (χ3v) is 4.98. The molecular weight excluding hydrogens is 404 g/mol. The van der Waals surface area contributed by atoms with Crippen molar-refractivity contribution in [2.75, 3.05) is 24.4 Å². The number of aromatic carboxylic acids is 1. The molecule has 0 saturated carbocycles. The summed E-state index contributed by atoms with van der Waals surface area (Å²) in [5.41, 5.74) is -0.573. The molecular formula is C22H24N2O7. The third-order valence-electron chi connectivity index (χ3n) is 4.98. The number of ether oxygens (including phenoxy) is 3. The molecule has 2 aromatic rings. The first-order valence-corrected chi connectivity index (χ1v) is 9.52. The number of nitrogens with one attached hydrogen (secondary N) is 1. The second-order valence-corrected chi connectivity index (χ2v) is 7.51. The molecule has 164 valence electrons. The van der Waals surface area contributed by atoms with E-state index in [1.165, 1.54) is 37.3 Å². The molecule has 1 heterocycles. The molecule has 3 rings (SSSR count). The lowest BCUT2D eigenvalue weighted by molar-refractivity contribution is -0.134. The van der Waals surface area contributed by atoms with Crippen LogP contribution >= 0.6 is 0 Å². The van der Waals surface area contributed by atoms with E-state index in [0.29, 0.717) is 22.9 Å². The molecule has 0 aromatic heterocycles. The van der Waals surface area contributed by atoms with Gasteiger partial charge in [-0.2, -0.15) is 0 Å². The molecule has 0 fully saturated rings. The lowest BCUT2D eigenvalue weighted by Crippen LogP contribution is -2.58. The Labute approximate surface area is 179 Å². The zero-order chi connectivity index (χ0) is 22.9. The minimum Gasteiger partial charge on any atom is -0.493 e. The van der Waals surface area contributed by atoms with Crippen LogP contribution in [0.15, 0.2) is 36.4 Å². The molecule has 0 radical (unpaired) electrons. The second-order valence-electron chi connectivity index (χ2n) is 7.51. The number of hydrogen-bond acceptors (Lipinski definition) is 6. The summed E-state index contributed by atoms with van der Waals surface area (Å²) in [6.45, 7) is 4.75. The molecule has 0 spiro atoms. The highest BCUT2D eigenvalue weighted by molar-refractivity contribution is 6.10. The zero-order valence-corrected chi connectivity index (χ0v) is 17.9. The van der Waals surface area contributed by atoms with Crippen molar-refractivity contribution >= 4 is 29.2 Å². The van der Waals surface area contributed by atoms with Crippen molar-refractivity contribution in [3.8, 4) is 17.2 Å². The Hall–Kier alpha value is -3.75. The Bertz CT molecular complexity index is 1050. The molecule has 0 saturated heterocycles. The maximum atomic E-state index is 13.1. The van der Waals surface area contributed by atoms with Crippen LogP contribution in [0.5, 0.6) is 17.2 Å². The molecule has 2 N–H and O–H groups in total. The quantitative estimate of drug-likeness (QED) is 0.727. The van der Waals surface area contributed by atoms with E-state index in [9.17, 15) is 19.5 Å². The second kappa shape index (κ2) is 8.17. The summed E-state index contributed by atoms with van der Waals surface area (Å²) in [5.74, 6) is -0.813. The minimum atomic E-state index is -1.23. The maximum absolute atomic E-state index is 13.1. The number of fused-ring (bicyclic) bond motifs is 1. The molecule has 0 bridgehead atoms. The number of carboxylic acids is 1. The average molecular weight is 428 g/mol. The SMILES string of the molecule is COc1ccc(NC(=O)C(C)N2C(=O)C(C)(C)Oc3ccc(C(=O)O)cc32)cc1OC. The summed E-state index contributed by atoms with van der Waals surface area (Å²) in [5, 5.41) is 12.1. The third kappa shape index (κ3) is 4.11. The summed E-state index contributed by atoms with van der Waals surface area (Å²) >= 11 is 0. The number of amides is 2. The fraction of sp³-hybridized carbons (Fsp3) is 0.318. The Balaban J connectivity index is 1.95. The predicted octanol–water partition coefficient (Wildman–Crippen LogP) is 2.93. The molecule has 1 atom stereocenters. The van der Waals surface area contributed by atoms with Crippen molar-refractivity contribution in [3.05, 3.63) is 42.0 Å². The fourth-order valence-electron chi connectivity index (χ4n) is 3.31. The summed E-state index contributed by atoms with van der Waals surface area (Å²) in [6.07, 6.45) is 0. The van der Waals surface area contributed by atoms with Gasteiger partial charge in [-0.25, -0.2) is 4.79 Å². The van der Waals surface area contributed by atoms with Gasteiger partial charge in [0.25, 0.3) is 5.91 Å². The molecule has 31 heavy (non-hydrogen) atoms. The van der Waals surface area contributed by atoms with Crippen molar-refractivity contribution in [1.82, 2.24) is 0 Å². The molecule has 2 amide bonds. The van der Waals surface area contributed by atoms with E-state index in [1.807, 2.05) is 0 Å². The first-order chi connectivity index (χ1) is 14.6. The van der Waals surface area contributed by atoms with Crippen LogP contribution in [0.2, 0.25) is 0 Å². The summed E-state index contributed by atoms with van der Waals surface area (Å²) in [7, 11) is 2.99. The van der Waals surface area contributed by atoms with Crippen LogP contribution in [0.25, 0.3) is 0 Å². The number of anilines is 2. The number of benzene rings is 2. The van der Waals surface area contributed by atoms with Gasteiger partial charge in [0.15, 0.2) is 17.1 Å². The van der Waals surface area contributed by atoms with Gasteiger partial charge in [-0.15, -0.1) is 0 Å². The molecule has 9 nitrogen and oxygen atoms in total. The highest BCUT2D eigenvalue weighted by Crippen LogP contribution is 2.40. The van der Waals surface area contributed by atoms with Gasteiger partial charge in [0.1, 0.15) is 11.8 Å². The van der Waals surface area contributed by atoms with Crippen LogP contribution in [-0.2, 0) is 9.59 Å². The van der Waals surface area contributed by atoms with Gasteiger partial charge in [0.2, 0.25) is 5.91 Å². The minimum absolute atomic E-state index is 0.0210. The first-order valence-electron chi connectivity index (χ1n) is 9.52. The van der Waals surface area contributed by atoms with E-state index >= 15 is 0 Å². The molecule has 1 aliphatic heterocycles. The zero-order valence-electron chi connectivity index (χ0n) is 17.9. The number of rotatable bonds is 6. The molecule has 1 unspecified atom stereocenters. The normalized spacial score (nSPS) is 15.4. The number of hydrogen-bond donors (Lipinski definition) is 2. The molecule has 9 heteroatoms. The van der Waals surface area contributed by atoms with E-state index in [1.54, 1.807) is 39.0 Å². The maximum Gasteiger partial charge on any atom is 0.335 e. The smallest absolute Gasteiger partial charge is 0.335 e. The van der Waals surface area contributed by atoms with Crippen LogP contribution in [0.1, 0.15) is 31.1 Å². The average Bonchev–Trinajstić information content (AvgIpc) is 2.73. The Kier molecular flexibility index (Phi) is 5.79. The standard InChI is InChI=1S/C22H24N2O7/c1-12(19(25)23-14-7-9-17(29-4)18(11-14)30-5)24-15-10-13(20(26)27)6-8-16(15)31-22(2,3)21(24)28/h6-12H,1-5H3,(H,23,25)(H,26,27). The van der Waals surface area contributed by atoms with Gasteiger partial charge in [-0.1, -0.05) is 0 Å². The van der Waals surface area contributed by atoms with E-state index in [4.69, 9.17) is 14.2 Å². The lowest BCUT2D eigenvalue weighted by atomic mass is 10.0. The molecule has 1 aliphatic rings. The van der Waals surface area contributed by atoms with Crippen LogP contribution < -0.4 is 24.4 Å². The van der Waals surface area contributed by atoms with Crippen LogP contribution in [0.3, 0.4) is 0 Å². The number of nitrogens with zero attached hydrogens (tertiary/aromatic N) is 1. The van der Waals surface area contributed by atoms with E-state index in [0.717, 1.165) is 0 Å². The van der Waals surface area contributed by atoms with Crippen LogP contribution in [0.4, 0.5) is 11.4 Å². The number of carbonyl (C=O) groups excluding carboxylic acids is 2. The number of carboxylic acid groups (broad SMARTS) is 1. The van der Waals surface area contributed by atoms with E-state index in [-0.39, 0.29) is 11.3 Å². The van der Waals surface area contributed by atoms with Gasteiger partial charge in [-0.05, 0) is 51.1 Å². The fourth-order valence-corrected chi connectivity index (χ4v) is 3.31. The Morgan fingerprint density at radius 1 is 1.10 bits per heavy atom. The largest absolute Gasteiger partial charge is 0.493 e. The Morgan fingerprint density at radius 3 is 2.39 bits per heavy atom. The topological polar surface area (TPSA) is 114 Å². The van der Waals surface area contributed by atoms with Crippen molar-refractivity contribution < 1.29 is 33.7 Å². The first kappa shape index (κ1) is 21.9. The van der Waals surface area contributed by atoms with Gasteiger partial charge >= 0.3 is 5.97 Å². The van der Waals surface area contributed by atoms with Gasteiger partial charge < -0.3 is 24.6 Å². The predicted molar refractivity (Wildman–Crippen MR) is 113 cm³/mol. The van der Waals surface area contributed by atoms with Crippen molar-refractivity contribution in [2.24, 2.45) is 0 Å². The summed E-state index contributed by atoms with van der Waals surface area (Å²) < 4.78 is 16.2. The Morgan fingerprint density at radius 2 is 1.77 bits per heavy atom. The molecule has 0 aliphatic carbocycles. The van der Waals surface area contributed by atoms with Gasteiger partial charge in [0, 0.05) is 11.8 Å². The van der Waals surface area contributed by atoms with Crippen LogP contribution in [-0.4, -0.2) is 48.8 Å². The summed E-state index contributed by atoms with van der Waals surface area (Å²) in [6, 6.07) is 8.14. The molecule has 2 aromatic carbocycles. The highest BCUT2D eigenvalue weighted by Gasteiger charge is 2.44. The van der Waals surface area contributed by atoms with Crippen molar-refractivity contribution in [3.63, 3.8) is 0 Å². The number of carbonyl (C=O) groups is 3. The number of methoxy groups -OCH3 is 2. The van der Waals surface area contributed by atoms with Gasteiger partial charge in [0.05, 0.1) is 25.5 Å². The summed E-state index contributed by atoms with van der Waals surface area (Å²) in [4.78, 5) is 38.8. The van der Waals surface area contributed by atoms with E-state index < -0.39 is 29.4 Å². The lowest BCUT2D eigenvalue weighted by Gasteiger charge is -2.41. The monoisotopic (exact) mass is 428 g/mol.